The Morgan fingerprint density at radius 1 is 1.00 bits per heavy atom. The normalized spacial score (nSPS) is 14.2. The maximum Gasteiger partial charge on any atom is 0.266 e. The van der Waals surface area contributed by atoms with Gasteiger partial charge >= 0.3 is 0 Å². The van der Waals surface area contributed by atoms with E-state index in [4.69, 9.17) is 0 Å². The molecule has 4 aromatic heterocycles. The van der Waals surface area contributed by atoms with E-state index in [9.17, 15) is 4.79 Å². The Kier molecular flexibility index (Phi) is 4.01. The van der Waals surface area contributed by atoms with Crippen LogP contribution in [0.3, 0.4) is 0 Å². The van der Waals surface area contributed by atoms with Gasteiger partial charge in [0.15, 0.2) is 0 Å². The number of aromatic nitrogens is 6. The van der Waals surface area contributed by atoms with Gasteiger partial charge in [-0.25, -0.2) is 14.6 Å². The molecule has 8 heteroatoms. The van der Waals surface area contributed by atoms with Gasteiger partial charge in [0, 0.05) is 54.6 Å². The molecule has 28 heavy (non-hydrogen) atoms. The molecule has 1 aliphatic heterocycles. The lowest BCUT2D eigenvalue weighted by Gasteiger charge is -2.40. The molecular formula is C20H17N7O. The molecule has 0 bridgehead atoms. The van der Waals surface area contributed by atoms with Crippen LogP contribution in [0.25, 0.3) is 22.2 Å². The molecule has 0 aliphatic carbocycles. The lowest BCUT2D eigenvalue weighted by molar-refractivity contribution is 0.334. The fraction of sp³-hybridized carbons (Fsp3) is 0.200. The minimum Gasteiger partial charge on any atom is -0.355 e. The van der Waals surface area contributed by atoms with E-state index >= 15 is 0 Å². The second-order valence-electron chi connectivity index (χ2n) is 6.84. The van der Waals surface area contributed by atoms with E-state index in [1.807, 2.05) is 18.2 Å². The monoisotopic (exact) mass is 371 g/mol. The Hall–Kier alpha value is -3.68. The van der Waals surface area contributed by atoms with Crippen molar-refractivity contribution in [2.45, 2.75) is 6.54 Å². The molecule has 5 rings (SSSR count). The summed E-state index contributed by atoms with van der Waals surface area (Å²) in [6, 6.07) is 9.03. The summed E-state index contributed by atoms with van der Waals surface area (Å²) in [5, 5.41) is 5.51. The van der Waals surface area contributed by atoms with Crippen molar-refractivity contribution in [3.8, 4) is 11.3 Å². The lowest BCUT2D eigenvalue weighted by Crippen LogP contribution is -2.50. The summed E-state index contributed by atoms with van der Waals surface area (Å²) in [5.74, 6) is 1.24. The van der Waals surface area contributed by atoms with E-state index in [0.29, 0.717) is 12.5 Å². The molecule has 5 heterocycles. The van der Waals surface area contributed by atoms with E-state index in [1.165, 1.54) is 0 Å². The molecule has 0 unspecified atom stereocenters. The Labute approximate surface area is 160 Å². The molecule has 4 aromatic rings. The number of nitrogens with zero attached hydrogens (tertiary/aromatic N) is 7. The SMILES string of the molecule is O=c1ccc(-c2cccnc2)nn1CC1CN(c2ncnc3cnccc23)C1. The molecule has 1 saturated heterocycles. The van der Waals surface area contributed by atoms with Crippen LogP contribution in [0.15, 0.2) is 66.2 Å². The smallest absolute Gasteiger partial charge is 0.266 e. The van der Waals surface area contributed by atoms with Crippen molar-refractivity contribution in [1.29, 1.82) is 0 Å². The standard InChI is InChI=1S/C20H17N7O/c28-19-4-3-17(15-2-1-6-21-8-15)25-27(19)12-14-10-26(11-14)20-16-5-7-22-9-18(16)23-13-24-20/h1-9,13-14H,10-12H2. The van der Waals surface area contributed by atoms with Crippen LogP contribution in [0.4, 0.5) is 5.82 Å². The lowest BCUT2D eigenvalue weighted by atomic mass is 9.99. The molecule has 0 atom stereocenters. The minimum atomic E-state index is -0.0929. The summed E-state index contributed by atoms with van der Waals surface area (Å²) in [6.07, 6.45) is 8.52. The van der Waals surface area contributed by atoms with Crippen LogP contribution in [-0.4, -0.2) is 42.8 Å². The van der Waals surface area contributed by atoms with Crippen molar-refractivity contribution in [3.05, 3.63) is 71.8 Å². The van der Waals surface area contributed by atoms with E-state index < -0.39 is 0 Å². The predicted octanol–water partition coefficient (Wildman–Crippen LogP) is 1.78. The van der Waals surface area contributed by atoms with Gasteiger partial charge < -0.3 is 4.90 Å². The Morgan fingerprint density at radius 2 is 1.89 bits per heavy atom. The van der Waals surface area contributed by atoms with Crippen LogP contribution in [0, 0.1) is 5.92 Å². The van der Waals surface area contributed by atoms with E-state index in [1.54, 1.807) is 47.9 Å². The third-order valence-corrected chi connectivity index (χ3v) is 4.93. The van der Waals surface area contributed by atoms with Crippen LogP contribution < -0.4 is 10.5 Å². The first-order valence-electron chi connectivity index (χ1n) is 9.06. The van der Waals surface area contributed by atoms with Crippen molar-refractivity contribution in [2.24, 2.45) is 5.92 Å². The second-order valence-corrected chi connectivity index (χ2v) is 6.84. The summed E-state index contributed by atoms with van der Waals surface area (Å²) in [7, 11) is 0. The van der Waals surface area contributed by atoms with Gasteiger partial charge in [0.25, 0.3) is 5.56 Å². The highest BCUT2D eigenvalue weighted by atomic mass is 16.1. The quantitative estimate of drug-likeness (QED) is 0.540. The molecule has 0 radical (unpaired) electrons. The molecule has 1 aliphatic rings. The number of hydrogen-bond acceptors (Lipinski definition) is 7. The fourth-order valence-electron chi connectivity index (χ4n) is 3.50. The van der Waals surface area contributed by atoms with Gasteiger partial charge in [-0.1, -0.05) is 0 Å². The van der Waals surface area contributed by atoms with Crippen LogP contribution >= 0.6 is 0 Å². The zero-order valence-corrected chi connectivity index (χ0v) is 15.0. The highest BCUT2D eigenvalue weighted by molar-refractivity contribution is 5.88. The largest absolute Gasteiger partial charge is 0.355 e. The molecule has 0 saturated carbocycles. The molecule has 0 N–H and O–H groups in total. The Morgan fingerprint density at radius 3 is 2.75 bits per heavy atom. The van der Waals surface area contributed by atoms with Gasteiger partial charge in [-0.05, 0) is 24.3 Å². The summed E-state index contributed by atoms with van der Waals surface area (Å²) in [6.45, 7) is 2.22. The highest BCUT2D eigenvalue weighted by Gasteiger charge is 2.29. The molecule has 138 valence electrons. The number of rotatable bonds is 4. The Balaban J connectivity index is 1.33. The van der Waals surface area contributed by atoms with Crippen LogP contribution in [0.2, 0.25) is 0 Å². The van der Waals surface area contributed by atoms with E-state index in [2.05, 4.69) is 29.9 Å². The molecule has 0 spiro atoms. The van der Waals surface area contributed by atoms with E-state index in [0.717, 1.165) is 41.1 Å². The van der Waals surface area contributed by atoms with Gasteiger partial charge in [0.1, 0.15) is 12.1 Å². The summed E-state index contributed by atoms with van der Waals surface area (Å²) in [4.78, 5) is 31.4. The van der Waals surface area contributed by atoms with Gasteiger partial charge in [-0.15, -0.1) is 0 Å². The molecule has 1 fully saturated rings. The first-order valence-corrected chi connectivity index (χ1v) is 9.06. The first kappa shape index (κ1) is 16.5. The number of pyridine rings is 2. The second kappa shape index (κ2) is 6.80. The van der Waals surface area contributed by atoms with Gasteiger partial charge in [-0.3, -0.25) is 14.8 Å². The molecule has 8 nitrogen and oxygen atoms in total. The topological polar surface area (TPSA) is 89.7 Å². The van der Waals surface area contributed by atoms with Crippen molar-refractivity contribution in [1.82, 2.24) is 29.7 Å². The van der Waals surface area contributed by atoms with E-state index in [-0.39, 0.29) is 5.56 Å². The predicted molar refractivity (Wildman–Crippen MR) is 105 cm³/mol. The number of anilines is 1. The van der Waals surface area contributed by atoms with Crippen molar-refractivity contribution < 1.29 is 0 Å². The zero-order valence-electron chi connectivity index (χ0n) is 15.0. The van der Waals surface area contributed by atoms with Crippen molar-refractivity contribution >= 4 is 16.7 Å². The summed E-state index contributed by atoms with van der Waals surface area (Å²) >= 11 is 0. The maximum atomic E-state index is 12.2. The fourth-order valence-corrected chi connectivity index (χ4v) is 3.50. The van der Waals surface area contributed by atoms with Crippen LogP contribution in [-0.2, 0) is 6.54 Å². The van der Waals surface area contributed by atoms with Crippen molar-refractivity contribution in [3.63, 3.8) is 0 Å². The molecular weight excluding hydrogens is 354 g/mol. The maximum absolute atomic E-state index is 12.2. The van der Waals surface area contributed by atoms with Gasteiger partial charge in [0.05, 0.1) is 24.0 Å². The Bertz CT molecular complexity index is 1180. The number of hydrogen-bond donors (Lipinski definition) is 0. The highest BCUT2D eigenvalue weighted by Crippen LogP contribution is 2.28. The van der Waals surface area contributed by atoms with Crippen LogP contribution in [0.5, 0.6) is 0 Å². The average molecular weight is 371 g/mol. The third-order valence-electron chi connectivity index (χ3n) is 4.93. The summed E-state index contributed by atoms with van der Waals surface area (Å²) in [5.41, 5.74) is 2.38. The first-order chi connectivity index (χ1) is 13.8. The zero-order chi connectivity index (χ0) is 18.9. The number of fused-ring (bicyclic) bond motifs is 1. The third kappa shape index (κ3) is 2.98. The average Bonchev–Trinajstić information content (AvgIpc) is 2.72. The van der Waals surface area contributed by atoms with Gasteiger partial charge in [0.2, 0.25) is 0 Å². The van der Waals surface area contributed by atoms with Crippen molar-refractivity contribution in [2.75, 3.05) is 18.0 Å². The summed E-state index contributed by atoms with van der Waals surface area (Å²) < 4.78 is 1.55. The molecule has 0 aromatic carbocycles. The van der Waals surface area contributed by atoms with Gasteiger partial charge in [-0.2, -0.15) is 5.10 Å². The minimum absolute atomic E-state index is 0.0929. The van der Waals surface area contributed by atoms with Crippen LogP contribution in [0.1, 0.15) is 0 Å². The molecule has 0 amide bonds.